The number of ether oxygens (including phenoxy) is 1. The van der Waals surface area contributed by atoms with Crippen LogP contribution in [0.15, 0.2) is 29.2 Å². The first-order valence-corrected chi connectivity index (χ1v) is 8.33. The standard InChI is InChI=1S/C14H21F2NO3S/c1-11(2)7-9-20-10-8-17-12-5-3-4-6-13(12)21(18,19)14(15)16/h3-6,11,14,17H,7-10H2,1-2H3. The molecule has 0 bridgehead atoms. The van der Waals surface area contributed by atoms with E-state index in [-0.39, 0.29) is 10.6 Å². The lowest BCUT2D eigenvalue weighted by atomic mass is 10.1. The van der Waals surface area contributed by atoms with Gasteiger partial charge >= 0.3 is 5.76 Å². The van der Waals surface area contributed by atoms with Gasteiger partial charge in [-0.2, -0.15) is 8.78 Å². The van der Waals surface area contributed by atoms with Gasteiger partial charge in [-0.1, -0.05) is 26.0 Å². The molecule has 0 aliphatic rings. The van der Waals surface area contributed by atoms with Gasteiger partial charge in [0.15, 0.2) is 0 Å². The Labute approximate surface area is 124 Å². The molecule has 7 heteroatoms. The molecule has 0 heterocycles. The molecule has 0 unspecified atom stereocenters. The van der Waals surface area contributed by atoms with Gasteiger partial charge in [-0.15, -0.1) is 0 Å². The number of sulfone groups is 1. The molecule has 0 saturated carbocycles. The van der Waals surface area contributed by atoms with E-state index in [0.29, 0.717) is 25.7 Å². The van der Waals surface area contributed by atoms with Crippen molar-refractivity contribution >= 4 is 15.5 Å². The van der Waals surface area contributed by atoms with Crippen molar-refractivity contribution in [2.24, 2.45) is 5.92 Å². The van der Waals surface area contributed by atoms with Crippen LogP contribution >= 0.6 is 0 Å². The molecule has 0 saturated heterocycles. The molecule has 4 nitrogen and oxygen atoms in total. The monoisotopic (exact) mass is 321 g/mol. The van der Waals surface area contributed by atoms with Gasteiger partial charge < -0.3 is 10.1 Å². The second kappa shape index (κ2) is 8.29. The molecule has 0 aliphatic carbocycles. The van der Waals surface area contributed by atoms with Crippen molar-refractivity contribution in [1.82, 2.24) is 0 Å². The molecule has 0 aromatic heterocycles. The number of anilines is 1. The minimum Gasteiger partial charge on any atom is -0.382 e. The normalized spacial score (nSPS) is 12.1. The van der Waals surface area contributed by atoms with E-state index in [1.165, 1.54) is 18.2 Å². The van der Waals surface area contributed by atoms with Crippen LogP contribution in [0.1, 0.15) is 20.3 Å². The molecule has 1 N–H and O–H groups in total. The van der Waals surface area contributed by atoms with Crippen molar-refractivity contribution in [2.75, 3.05) is 25.1 Å². The first-order chi connectivity index (χ1) is 9.85. The molecule has 0 amide bonds. The minimum absolute atomic E-state index is 0.172. The Hall–Kier alpha value is -1.21. The summed E-state index contributed by atoms with van der Waals surface area (Å²) in [5.74, 6) is -2.88. The average Bonchev–Trinajstić information content (AvgIpc) is 2.42. The zero-order valence-corrected chi connectivity index (χ0v) is 13.0. The summed E-state index contributed by atoms with van der Waals surface area (Å²) < 4.78 is 53.7. The highest BCUT2D eigenvalue weighted by Gasteiger charge is 2.28. The third kappa shape index (κ3) is 5.59. The summed E-state index contributed by atoms with van der Waals surface area (Å²) in [6.45, 7) is 5.54. The van der Waals surface area contributed by atoms with Crippen molar-refractivity contribution < 1.29 is 21.9 Å². The fourth-order valence-corrected chi connectivity index (χ4v) is 2.54. The summed E-state index contributed by atoms with van der Waals surface area (Å²) >= 11 is 0. The molecule has 1 rings (SSSR count). The number of para-hydroxylation sites is 1. The van der Waals surface area contributed by atoms with Gasteiger partial charge in [0.1, 0.15) is 0 Å². The molecule has 1 aromatic carbocycles. The molecule has 120 valence electrons. The van der Waals surface area contributed by atoms with Crippen molar-refractivity contribution in [3.05, 3.63) is 24.3 Å². The number of hydrogen-bond donors (Lipinski definition) is 1. The third-order valence-electron chi connectivity index (χ3n) is 2.83. The average molecular weight is 321 g/mol. The molecule has 0 radical (unpaired) electrons. The number of hydrogen-bond acceptors (Lipinski definition) is 4. The van der Waals surface area contributed by atoms with E-state index in [1.807, 2.05) is 0 Å². The van der Waals surface area contributed by atoms with Crippen LogP contribution in [-0.2, 0) is 14.6 Å². The zero-order valence-electron chi connectivity index (χ0n) is 12.2. The Balaban J connectivity index is 2.57. The summed E-state index contributed by atoms with van der Waals surface area (Å²) in [6, 6.07) is 5.64. The van der Waals surface area contributed by atoms with E-state index in [1.54, 1.807) is 6.07 Å². The van der Waals surface area contributed by atoms with Crippen LogP contribution < -0.4 is 5.32 Å². The van der Waals surface area contributed by atoms with Crippen LogP contribution in [0.4, 0.5) is 14.5 Å². The minimum atomic E-state index is -4.60. The van der Waals surface area contributed by atoms with Crippen molar-refractivity contribution in [3.63, 3.8) is 0 Å². The molecule has 0 atom stereocenters. The summed E-state index contributed by atoms with van der Waals surface area (Å²) in [6.07, 6.45) is 0.941. The number of nitrogens with one attached hydrogen (secondary N) is 1. The van der Waals surface area contributed by atoms with Crippen LogP contribution in [0.25, 0.3) is 0 Å². The highest BCUT2D eigenvalue weighted by molar-refractivity contribution is 7.91. The molecule has 21 heavy (non-hydrogen) atoms. The Morgan fingerprint density at radius 2 is 1.86 bits per heavy atom. The zero-order chi connectivity index (χ0) is 15.9. The van der Waals surface area contributed by atoms with E-state index >= 15 is 0 Å². The van der Waals surface area contributed by atoms with E-state index in [9.17, 15) is 17.2 Å². The van der Waals surface area contributed by atoms with Crippen molar-refractivity contribution in [2.45, 2.75) is 30.9 Å². The summed E-state index contributed by atoms with van der Waals surface area (Å²) in [7, 11) is -4.60. The van der Waals surface area contributed by atoms with Gasteiger partial charge in [-0.3, -0.25) is 0 Å². The Bertz CT molecular complexity index is 533. The van der Waals surface area contributed by atoms with Crippen LogP contribution in [-0.4, -0.2) is 33.9 Å². The third-order valence-corrected chi connectivity index (χ3v) is 4.27. The predicted octanol–water partition coefficient (Wildman–Crippen LogP) is 3.16. The van der Waals surface area contributed by atoms with Crippen LogP contribution in [0.2, 0.25) is 0 Å². The number of rotatable bonds is 9. The SMILES string of the molecule is CC(C)CCOCCNc1ccccc1S(=O)(=O)C(F)F. The summed E-state index contributed by atoms with van der Waals surface area (Å²) in [4.78, 5) is -0.387. The number of alkyl halides is 2. The molecular formula is C14H21F2NO3S. The van der Waals surface area contributed by atoms with Gasteiger partial charge in [-0.25, -0.2) is 8.42 Å². The van der Waals surface area contributed by atoms with Gasteiger partial charge in [0, 0.05) is 13.2 Å². The topological polar surface area (TPSA) is 55.4 Å². The lowest BCUT2D eigenvalue weighted by molar-refractivity contribution is 0.132. The van der Waals surface area contributed by atoms with Gasteiger partial charge in [0.05, 0.1) is 17.2 Å². The lowest BCUT2D eigenvalue weighted by Gasteiger charge is -2.12. The molecule has 0 aliphatic heterocycles. The van der Waals surface area contributed by atoms with E-state index in [0.717, 1.165) is 6.42 Å². The maximum Gasteiger partial charge on any atom is 0.341 e. The second-order valence-corrected chi connectivity index (χ2v) is 6.91. The quantitative estimate of drug-likeness (QED) is 0.710. The molecule has 0 spiro atoms. The first kappa shape index (κ1) is 17.8. The van der Waals surface area contributed by atoms with Crippen LogP contribution in [0.3, 0.4) is 0 Å². The number of halogens is 2. The smallest absolute Gasteiger partial charge is 0.341 e. The Morgan fingerprint density at radius 3 is 2.48 bits per heavy atom. The largest absolute Gasteiger partial charge is 0.382 e. The highest BCUT2D eigenvalue weighted by atomic mass is 32.2. The number of benzene rings is 1. The first-order valence-electron chi connectivity index (χ1n) is 6.78. The molecule has 0 fully saturated rings. The fourth-order valence-electron chi connectivity index (χ4n) is 1.64. The summed E-state index contributed by atoms with van der Waals surface area (Å²) in [5.41, 5.74) is 0.172. The van der Waals surface area contributed by atoms with E-state index < -0.39 is 15.6 Å². The second-order valence-electron chi connectivity index (χ2n) is 5.02. The van der Waals surface area contributed by atoms with Crippen molar-refractivity contribution in [1.29, 1.82) is 0 Å². The Kier molecular flexibility index (Phi) is 7.04. The summed E-state index contributed by atoms with van der Waals surface area (Å²) in [5, 5.41) is 2.82. The Morgan fingerprint density at radius 1 is 1.19 bits per heavy atom. The molecular weight excluding hydrogens is 300 g/mol. The van der Waals surface area contributed by atoms with Crippen LogP contribution in [0, 0.1) is 5.92 Å². The van der Waals surface area contributed by atoms with Crippen LogP contribution in [0.5, 0.6) is 0 Å². The van der Waals surface area contributed by atoms with Gasteiger partial charge in [0.25, 0.3) is 0 Å². The maximum absolute atomic E-state index is 12.6. The van der Waals surface area contributed by atoms with Crippen molar-refractivity contribution in [3.8, 4) is 0 Å². The lowest BCUT2D eigenvalue weighted by Crippen LogP contribution is -2.16. The van der Waals surface area contributed by atoms with Gasteiger partial charge in [0.2, 0.25) is 9.84 Å². The van der Waals surface area contributed by atoms with E-state index in [2.05, 4.69) is 19.2 Å². The highest BCUT2D eigenvalue weighted by Crippen LogP contribution is 2.25. The fraction of sp³-hybridized carbons (Fsp3) is 0.571. The van der Waals surface area contributed by atoms with Gasteiger partial charge in [-0.05, 0) is 24.5 Å². The molecule has 1 aromatic rings. The van der Waals surface area contributed by atoms with E-state index in [4.69, 9.17) is 4.74 Å². The maximum atomic E-state index is 12.6. The predicted molar refractivity (Wildman–Crippen MR) is 78.4 cm³/mol.